The third-order valence-electron chi connectivity index (χ3n) is 5.48. The van der Waals surface area contributed by atoms with Crippen LogP contribution in [0.1, 0.15) is 92.8 Å². The Morgan fingerprint density at radius 1 is 0.472 bits per heavy atom. The van der Waals surface area contributed by atoms with Crippen molar-refractivity contribution in [3.05, 3.63) is 58.7 Å². The van der Waals surface area contributed by atoms with E-state index >= 15 is 0 Å². The highest BCUT2D eigenvalue weighted by Crippen LogP contribution is 2.20. The molecule has 2 rings (SSSR count). The minimum atomic E-state index is -1.31. The highest BCUT2D eigenvalue weighted by molar-refractivity contribution is 6.02. The molecule has 0 aliphatic heterocycles. The largest absolute Gasteiger partial charge is 0.494 e. The first-order chi connectivity index (χ1) is 17.2. The molecular weight excluding hydrogens is 472 g/mol. The zero-order valence-corrected chi connectivity index (χ0v) is 19.8. The lowest BCUT2D eigenvalue weighted by Crippen LogP contribution is -2.08. The Morgan fingerprint density at radius 2 is 0.778 bits per heavy atom. The third-order valence-corrected chi connectivity index (χ3v) is 5.48. The minimum absolute atomic E-state index is 0.275. The van der Waals surface area contributed by atoms with Crippen LogP contribution in [0, 0.1) is 0 Å². The summed E-state index contributed by atoms with van der Waals surface area (Å²) >= 11 is 0. The van der Waals surface area contributed by atoms with Gasteiger partial charge in [-0.15, -0.1) is 0 Å². The molecule has 194 valence electrons. The van der Waals surface area contributed by atoms with Crippen molar-refractivity contribution in [3.8, 4) is 11.5 Å². The van der Waals surface area contributed by atoms with Crippen LogP contribution in [-0.4, -0.2) is 57.5 Å². The number of hydrogen-bond acceptors (Lipinski definition) is 6. The van der Waals surface area contributed by atoms with E-state index < -0.39 is 23.9 Å². The first-order valence-electron chi connectivity index (χ1n) is 11.7. The molecule has 0 amide bonds. The fourth-order valence-electron chi connectivity index (χ4n) is 3.60. The monoisotopic (exact) mass is 502 g/mol. The predicted octanol–water partition coefficient (Wildman–Crippen LogP) is 5.06. The number of aromatic carboxylic acids is 4. The molecule has 2 aromatic carbocycles. The molecule has 0 bridgehead atoms. The van der Waals surface area contributed by atoms with Crippen molar-refractivity contribution in [2.24, 2.45) is 0 Å². The van der Waals surface area contributed by atoms with E-state index in [0.717, 1.165) is 51.4 Å². The zero-order valence-electron chi connectivity index (χ0n) is 19.8. The third kappa shape index (κ3) is 8.94. The van der Waals surface area contributed by atoms with E-state index in [-0.39, 0.29) is 22.3 Å². The van der Waals surface area contributed by atoms with E-state index in [1.54, 1.807) is 0 Å². The molecule has 0 fully saturated rings. The second-order valence-electron chi connectivity index (χ2n) is 8.16. The molecule has 36 heavy (non-hydrogen) atoms. The summed E-state index contributed by atoms with van der Waals surface area (Å²) in [6.07, 6.45) is 7.72. The van der Waals surface area contributed by atoms with Crippen molar-refractivity contribution >= 4 is 23.9 Å². The van der Waals surface area contributed by atoms with Crippen molar-refractivity contribution in [1.82, 2.24) is 0 Å². The van der Waals surface area contributed by atoms with Gasteiger partial charge in [0, 0.05) is 0 Å². The van der Waals surface area contributed by atoms with E-state index in [1.165, 1.54) is 36.4 Å². The Labute approximate surface area is 208 Å². The smallest absolute Gasteiger partial charge is 0.336 e. The van der Waals surface area contributed by atoms with Gasteiger partial charge in [0.2, 0.25) is 0 Å². The zero-order chi connectivity index (χ0) is 26.5. The summed E-state index contributed by atoms with van der Waals surface area (Å²) < 4.78 is 11.1. The fraction of sp³-hybridized carbons (Fsp3) is 0.385. The Bertz CT molecular complexity index is 991. The second kappa shape index (κ2) is 14.3. The SMILES string of the molecule is O=C(O)c1ccc(OCCCCCCCCCCOc2ccc(C(=O)O)c(C(=O)O)c2)cc1C(=O)O. The second-order valence-corrected chi connectivity index (χ2v) is 8.16. The van der Waals surface area contributed by atoms with Crippen LogP contribution in [0.3, 0.4) is 0 Å². The number of carboxylic acid groups (broad SMARTS) is 4. The molecule has 10 heteroatoms. The summed E-state index contributed by atoms with van der Waals surface area (Å²) in [5, 5.41) is 36.4. The van der Waals surface area contributed by atoms with E-state index in [2.05, 4.69) is 0 Å². The minimum Gasteiger partial charge on any atom is -0.494 e. The number of unbranched alkanes of at least 4 members (excludes halogenated alkanes) is 7. The molecule has 0 spiro atoms. The Kier molecular flexibility index (Phi) is 11.2. The van der Waals surface area contributed by atoms with E-state index in [4.69, 9.17) is 29.9 Å². The van der Waals surface area contributed by atoms with Gasteiger partial charge in [0.1, 0.15) is 11.5 Å². The summed E-state index contributed by atoms with van der Waals surface area (Å²) in [5.41, 5.74) is -1.15. The predicted molar refractivity (Wildman–Crippen MR) is 129 cm³/mol. The van der Waals surface area contributed by atoms with Crippen LogP contribution < -0.4 is 9.47 Å². The van der Waals surface area contributed by atoms with Crippen molar-refractivity contribution in [2.45, 2.75) is 51.4 Å². The quantitative estimate of drug-likeness (QED) is 0.215. The Balaban J connectivity index is 1.54. The lowest BCUT2D eigenvalue weighted by molar-refractivity contribution is 0.0651. The summed E-state index contributed by atoms with van der Waals surface area (Å²) in [6.45, 7) is 0.833. The van der Waals surface area contributed by atoms with E-state index in [1.807, 2.05) is 0 Å². The average molecular weight is 503 g/mol. The van der Waals surface area contributed by atoms with Crippen molar-refractivity contribution < 1.29 is 49.1 Å². The van der Waals surface area contributed by atoms with Crippen LogP contribution in [-0.2, 0) is 0 Å². The van der Waals surface area contributed by atoms with Crippen LogP contribution in [0.2, 0.25) is 0 Å². The Morgan fingerprint density at radius 3 is 1.08 bits per heavy atom. The number of carbonyl (C=O) groups is 4. The molecule has 4 N–H and O–H groups in total. The lowest BCUT2D eigenvalue weighted by atomic mass is 10.1. The molecule has 0 aromatic heterocycles. The van der Waals surface area contributed by atoms with Crippen LogP contribution in [0.15, 0.2) is 36.4 Å². The molecule has 10 nitrogen and oxygen atoms in total. The number of carboxylic acids is 4. The molecule has 0 aliphatic rings. The van der Waals surface area contributed by atoms with Gasteiger partial charge in [-0.3, -0.25) is 0 Å². The molecule has 0 atom stereocenters. The van der Waals surface area contributed by atoms with Gasteiger partial charge < -0.3 is 29.9 Å². The highest BCUT2D eigenvalue weighted by atomic mass is 16.5. The van der Waals surface area contributed by atoms with Gasteiger partial charge in [0.15, 0.2) is 0 Å². The molecule has 0 radical (unpaired) electrons. The average Bonchev–Trinajstić information content (AvgIpc) is 2.84. The van der Waals surface area contributed by atoms with E-state index in [9.17, 15) is 19.2 Å². The summed E-state index contributed by atoms with van der Waals surface area (Å²) in [4.78, 5) is 44.6. The maximum Gasteiger partial charge on any atom is 0.336 e. The van der Waals surface area contributed by atoms with Crippen LogP contribution in [0.4, 0.5) is 0 Å². The normalized spacial score (nSPS) is 10.6. The van der Waals surface area contributed by atoms with Crippen LogP contribution in [0.5, 0.6) is 11.5 Å². The molecule has 0 heterocycles. The number of rotatable bonds is 17. The van der Waals surface area contributed by atoms with Gasteiger partial charge in [-0.2, -0.15) is 0 Å². The lowest BCUT2D eigenvalue weighted by Gasteiger charge is -2.09. The molecule has 0 unspecified atom stereocenters. The maximum absolute atomic E-state index is 11.2. The van der Waals surface area contributed by atoms with Crippen LogP contribution in [0.25, 0.3) is 0 Å². The van der Waals surface area contributed by atoms with Crippen molar-refractivity contribution in [2.75, 3.05) is 13.2 Å². The van der Waals surface area contributed by atoms with Crippen LogP contribution >= 0.6 is 0 Å². The number of benzene rings is 2. The summed E-state index contributed by atoms with van der Waals surface area (Å²) in [6, 6.07) is 7.83. The fourth-order valence-corrected chi connectivity index (χ4v) is 3.60. The molecule has 0 saturated heterocycles. The molecule has 0 aliphatic carbocycles. The Hall–Kier alpha value is -4.08. The van der Waals surface area contributed by atoms with E-state index in [0.29, 0.717) is 24.7 Å². The van der Waals surface area contributed by atoms with Gasteiger partial charge in [0.05, 0.1) is 35.5 Å². The number of ether oxygens (including phenoxy) is 2. The molecular formula is C26H30O10. The van der Waals surface area contributed by atoms with Crippen molar-refractivity contribution in [3.63, 3.8) is 0 Å². The van der Waals surface area contributed by atoms with Gasteiger partial charge in [0.25, 0.3) is 0 Å². The first-order valence-corrected chi connectivity index (χ1v) is 11.7. The van der Waals surface area contributed by atoms with Crippen molar-refractivity contribution in [1.29, 1.82) is 0 Å². The van der Waals surface area contributed by atoms with Gasteiger partial charge in [-0.1, -0.05) is 38.5 Å². The number of hydrogen-bond donors (Lipinski definition) is 4. The molecule has 0 saturated carbocycles. The van der Waals surface area contributed by atoms with Gasteiger partial charge in [-0.05, 0) is 49.2 Å². The topological polar surface area (TPSA) is 168 Å². The molecule has 2 aromatic rings. The maximum atomic E-state index is 11.2. The summed E-state index contributed by atoms with van der Waals surface area (Å²) in [5.74, 6) is -4.56. The van der Waals surface area contributed by atoms with Gasteiger partial charge >= 0.3 is 23.9 Å². The first kappa shape index (κ1) is 28.2. The highest BCUT2D eigenvalue weighted by Gasteiger charge is 2.17. The van der Waals surface area contributed by atoms with Gasteiger partial charge in [-0.25, -0.2) is 19.2 Å². The standard InChI is InChI=1S/C26H30O10/c27-23(28)19-11-9-17(15-21(19)25(31)32)35-13-7-5-3-1-2-4-6-8-14-36-18-10-12-20(24(29)30)22(16-18)26(33)34/h9-12,15-16H,1-8,13-14H2,(H,27,28)(H,29,30)(H,31,32)(H,33,34). The summed E-state index contributed by atoms with van der Waals surface area (Å²) in [7, 11) is 0.